The quantitative estimate of drug-likeness (QED) is 0.535. The Morgan fingerprint density at radius 3 is 2.69 bits per heavy atom. The predicted octanol–water partition coefficient (Wildman–Crippen LogP) is 2.19. The third kappa shape index (κ3) is 6.63. The molecule has 2 rings (SSSR count). The smallest absolute Gasteiger partial charge is 0.246 e. The Hall–Kier alpha value is -2.15. The minimum absolute atomic E-state index is 0.0172. The van der Waals surface area contributed by atoms with Gasteiger partial charge in [-0.1, -0.05) is 6.07 Å². The van der Waals surface area contributed by atoms with Gasteiger partial charge in [0.1, 0.15) is 12.4 Å². The van der Waals surface area contributed by atoms with Crippen LogP contribution in [0.2, 0.25) is 0 Å². The van der Waals surface area contributed by atoms with Gasteiger partial charge in [-0.05, 0) is 51.8 Å². The van der Waals surface area contributed by atoms with E-state index in [-0.39, 0.29) is 18.3 Å². The van der Waals surface area contributed by atoms with E-state index in [2.05, 4.69) is 39.7 Å². The number of nitrogens with zero attached hydrogens (tertiary/aromatic N) is 2. The Kier molecular flexibility index (Phi) is 7.84. The van der Waals surface area contributed by atoms with Crippen molar-refractivity contribution in [2.24, 2.45) is 4.99 Å². The number of hydrogen-bond donors (Lipinski definition) is 3. The van der Waals surface area contributed by atoms with Gasteiger partial charge in [-0.3, -0.25) is 4.79 Å². The molecule has 144 valence electrons. The lowest BCUT2D eigenvalue weighted by molar-refractivity contribution is -0.114. The molecule has 3 N–H and O–H groups in total. The minimum atomic E-state index is -0.381. The Morgan fingerprint density at radius 2 is 2.08 bits per heavy atom. The normalized spacial score (nSPS) is 16.6. The van der Waals surface area contributed by atoms with Crippen molar-refractivity contribution in [3.05, 3.63) is 30.1 Å². The standard InChI is InChI=1S/C19H30FN5O/c1-4-21-19(24-16-8-10-25(11-9-16)14(2)3)22-13-18(26)23-17-7-5-6-15(20)12-17/h5-7,12,14,16H,4,8-11,13H2,1-3H3,(H,23,26)(H2,21,22,24). The summed E-state index contributed by atoms with van der Waals surface area (Å²) in [5, 5.41) is 9.25. The average molecular weight is 363 g/mol. The van der Waals surface area contributed by atoms with E-state index >= 15 is 0 Å². The summed E-state index contributed by atoms with van der Waals surface area (Å²) in [7, 11) is 0. The van der Waals surface area contributed by atoms with Crippen LogP contribution in [0.1, 0.15) is 33.6 Å². The molecule has 0 spiro atoms. The fourth-order valence-electron chi connectivity index (χ4n) is 2.99. The first kappa shape index (κ1) is 20.2. The zero-order valence-electron chi connectivity index (χ0n) is 15.9. The molecule has 7 heteroatoms. The fraction of sp³-hybridized carbons (Fsp3) is 0.579. The van der Waals surface area contributed by atoms with Gasteiger partial charge < -0.3 is 20.9 Å². The number of carbonyl (C=O) groups excluding carboxylic acids is 1. The summed E-state index contributed by atoms with van der Waals surface area (Å²) < 4.78 is 13.2. The molecule has 0 atom stereocenters. The van der Waals surface area contributed by atoms with Gasteiger partial charge in [-0.15, -0.1) is 0 Å². The SMILES string of the molecule is CCNC(=NCC(=O)Nc1cccc(F)c1)NC1CCN(C(C)C)CC1. The summed E-state index contributed by atoms with van der Waals surface area (Å²) in [5.74, 6) is -0.0126. The van der Waals surface area contributed by atoms with Crippen molar-refractivity contribution in [2.45, 2.75) is 45.7 Å². The van der Waals surface area contributed by atoms with Gasteiger partial charge in [0.25, 0.3) is 0 Å². The van der Waals surface area contributed by atoms with Crippen molar-refractivity contribution in [1.82, 2.24) is 15.5 Å². The topological polar surface area (TPSA) is 68.8 Å². The number of anilines is 1. The number of benzene rings is 1. The highest BCUT2D eigenvalue weighted by molar-refractivity contribution is 5.94. The molecule has 0 radical (unpaired) electrons. The Morgan fingerprint density at radius 1 is 1.35 bits per heavy atom. The summed E-state index contributed by atoms with van der Waals surface area (Å²) in [6, 6.07) is 6.76. The first-order valence-corrected chi connectivity index (χ1v) is 9.32. The van der Waals surface area contributed by atoms with Crippen LogP contribution in [-0.4, -0.2) is 55.0 Å². The number of halogens is 1. The number of amides is 1. The van der Waals surface area contributed by atoms with E-state index in [0.29, 0.717) is 23.7 Å². The molecule has 26 heavy (non-hydrogen) atoms. The number of hydrogen-bond acceptors (Lipinski definition) is 3. The summed E-state index contributed by atoms with van der Waals surface area (Å²) in [6.45, 7) is 9.26. The lowest BCUT2D eigenvalue weighted by Gasteiger charge is -2.35. The molecule has 0 aliphatic carbocycles. The zero-order chi connectivity index (χ0) is 18.9. The van der Waals surface area contributed by atoms with Gasteiger partial charge in [-0.2, -0.15) is 0 Å². The van der Waals surface area contributed by atoms with Gasteiger partial charge in [0.05, 0.1) is 0 Å². The number of aliphatic imine (C=N–C) groups is 1. The Balaban J connectivity index is 1.85. The van der Waals surface area contributed by atoms with Crippen LogP contribution >= 0.6 is 0 Å². The number of carbonyl (C=O) groups is 1. The van der Waals surface area contributed by atoms with Crippen LogP contribution in [0, 0.1) is 5.82 Å². The molecule has 0 bridgehead atoms. The monoisotopic (exact) mass is 363 g/mol. The molecule has 6 nitrogen and oxygen atoms in total. The maximum absolute atomic E-state index is 13.2. The van der Waals surface area contributed by atoms with Crippen molar-refractivity contribution in [2.75, 3.05) is 31.5 Å². The van der Waals surface area contributed by atoms with Crippen molar-refractivity contribution in [1.29, 1.82) is 0 Å². The second kappa shape index (κ2) is 10.1. The molecule has 1 amide bonds. The van der Waals surface area contributed by atoms with Crippen LogP contribution < -0.4 is 16.0 Å². The van der Waals surface area contributed by atoms with Crippen LogP contribution in [0.15, 0.2) is 29.3 Å². The van der Waals surface area contributed by atoms with Crippen molar-refractivity contribution >= 4 is 17.6 Å². The second-order valence-electron chi connectivity index (χ2n) is 6.80. The third-order valence-corrected chi connectivity index (χ3v) is 4.43. The highest BCUT2D eigenvalue weighted by Gasteiger charge is 2.21. The second-order valence-corrected chi connectivity index (χ2v) is 6.80. The van der Waals surface area contributed by atoms with Crippen molar-refractivity contribution in [3.8, 4) is 0 Å². The fourth-order valence-corrected chi connectivity index (χ4v) is 2.99. The molecule has 1 heterocycles. The minimum Gasteiger partial charge on any atom is -0.357 e. The van der Waals surface area contributed by atoms with Crippen molar-refractivity contribution < 1.29 is 9.18 Å². The maximum atomic E-state index is 13.2. The van der Waals surface area contributed by atoms with Crippen LogP contribution in [0.3, 0.4) is 0 Å². The van der Waals surface area contributed by atoms with E-state index in [1.54, 1.807) is 12.1 Å². The van der Waals surface area contributed by atoms with Gasteiger partial charge >= 0.3 is 0 Å². The summed E-state index contributed by atoms with van der Waals surface area (Å²) in [4.78, 5) is 18.9. The first-order valence-electron chi connectivity index (χ1n) is 9.32. The molecule has 1 aliphatic rings. The van der Waals surface area contributed by atoms with E-state index in [9.17, 15) is 9.18 Å². The number of rotatable bonds is 6. The molecule has 1 saturated heterocycles. The molecule has 0 saturated carbocycles. The molecule has 1 fully saturated rings. The van der Waals surface area contributed by atoms with Crippen LogP contribution in [-0.2, 0) is 4.79 Å². The summed E-state index contributed by atoms with van der Waals surface area (Å²) in [5.41, 5.74) is 0.434. The first-order chi connectivity index (χ1) is 12.5. The Bertz CT molecular complexity index is 612. The molecule has 1 aromatic rings. The number of likely N-dealkylation sites (tertiary alicyclic amines) is 1. The molecule has 1 aromatic carbocycles. The molecular formula is C19H30FN5O. The van der Waals surface area contributed by atoms with E-state index in [1.807, 2.05) is 6.92 Å². The number of piperidine rings is 1. The van der Waals surface area contributed by atoms with E-state index < -0.39 is 0 Å². The van der Waals surface area contributed by atoms with Crippen LogP contribution in [0.4, 0.5) is 10.1 Å². The van der Waals surface area contributed by atoms with Crippen molar-refractivity contribution in [3.63, 3.8) is 0 Å². The van der Waals surface area contributed by atoms with E-state index in [1.165, 1.54) is 12.1 Å². The van der Waals surface area contributed by atoms with E-state index in [4.69, 9.17) is 0 Å². The van der Waals surface area contributed by atoms with Gasteiger partial charge in [0, 0.05) is 37.4 Å². The summed E-state index contributed by atoms with van der Waals surface area (Å²) in [6.07, 6.45) is 2.11. The predicted molar refractivity (Wildman–Crippen MR) is 104 cm³/mol. The van der Waals surface area contributed by atoms with Gasteiger partial charge in [0.2, 0.25) is 5.91 Å². The largest absolute Gasteiger partial charge is 0.357 e. The van der Waals surface area contributed by atoms with Gasteiger partial charge in [-0.25, -0.2) is 9.38 Å². The lowest BCUT2D eigenvalue weighted by Crippen LogP contribution is -2.50. The molecule has 0 aromatic heterocycles. The third-order valence-electron chi connectivity index (χ3n) is 4.43. The van der Waals surface area contributed by atoms with Crippen LogP contribution in [0.5, 0.6) is 0 Å². The van der Waals surface area contributed by atoms with Crippen LogP contribution in [0.25, 0.3) is 0 Å². The molecule has 0 unspecified atom stereocenters. The molecule has 1 aliphatic heterocycles. The maximum Gasteiger partial charge on any atom is 0.246 e. The van der Waals surface area contributed by atoms with E-state index in [0.717, 1.165) is 32.5 Å². The highest BCUT2D eigenvalue weighted by atomic mass is 19.1. The average Bonchev–Trinajstić information content (AvgIpc) is 2.60. The van der Waals surface area contributed by atoms with Gasteiger partial charge in [0.15, 0.2) is 5.96 Å². The highest BCUT2D eigenvalue weighted by Crippen LogP contribution is 2.13. The molecular weight excluding hydrogens is 333 g/mol. The zero-order valence-corrected chi connectivity index (χ0v) is 15.9. The Labute approximate surface area is 155 Å². The summed E-state index contributed by atoms with van der Waals surface area (Å²) >= 11 is 0. The lowest BCUT2D eigenvalue weighted by atomic mass is 10.0. The number of nitrogens with one attached hydrogen (secondary N) is 3. The number of guanidine groups is 1.